The lowest BCUT2D eigenvalue weighted by molar-refractivity contribution is 0.182. The molecule has 96 valence electrons. The van der Waals surface area contributed by atoms with Gasteiger partial charge >= 0.3 is 0 Å². The molecule has 4 nitrogen and oxygen atoms in total. The summed E-state index contributed by atoms with van der Waals surface area (Å²) in [6.45, 7) is 4.19. The summed E-state index contributed by atoms with van der Waals surface area (Å²) in [5.41, 5.74) is 1.91. The van der Waals surface area contributed by atoms with Gasteiger partial charge < -0.3 is 5.11 Å². The highest BCUT2D eigenvalue weighted by atomic mass is 32.2. The third-order valence-corrected chi connectivity index (χ3v) is 3.22. The summed E-state index contributed by atoms with van der Waals surface area (Å²) in [7, 11) is -3.26. The molecule has 1 rings (SSSR count). The maximum Gasteiger partial charge on any atom is 0.208 e. The lowest BCUT2D eigenvalue weighted by Crippen LogP contribution is -2.27. The van der Waals surface area contributed by atoms with Crippen molar-refractivity contribution in [1.82, 2.24) is 4.72 Å². The highest BCUT2D eigenvalue weighted by Gasteiger charge is 2.10. The summed E-state index contributed by atoms with van der Waals surface area (Å²) in [5, 5.41) is 9.79. The molecule has 0 aliphatic rings. The third kappa shape index (κ3) is 4.85. The van der Waals surface area contributed by atoms with E-state index in [-0.39, 0.29) is 6.54 Å². The molecule has 1 unspecified atom stereocenters. The minimum Gasteiger partial charge on any atom is -0.387 e. The zero-order valence-corrected chi connectivity index (χ0v) is 11.2. The molecule has 5 heteroatoms. The molecule has 0 fully saturated rings. The molecule has 0 aliphatic heterocycles. The van der Waals surface area contributed by atoms with Gasteiger partial charge in [0.1, 0.15) is 0 Å². The van der Waals surface area contributed by atoms with Crippen LogP contribution in [0, 0.1) is 0 Å². The maximum absolute atomic E-state index is 10.9. The van der Waals surface area contributed by atoms with Crippen molar-refractivity contribution in [3.63, 3.8) is 0 Å². The number of aliphatic hydroxyl groups excluding tert-OH is 1. The SMILES string of the molecule is CC(C)c1ccc(C(O)CNS(C)(=O)=O)cc1. The Bertz CT molecular complexity index is 451. The average molecular weight is 257 g/mol. The van der Waals surface area contributed by atoms with E-state index in [1.807, 2.05) is 24.3 Å². The summed E-state index contributed by atoms with van der Waals surface area (Å²) in [6.07, 6.45) is 0.257. The summed E-state index contributed by atoms with van der Waals surface area (Å²) >= 11 is 0. The number of hydrogen-bond donors (Lipinski definition) is 2. The van der Waals surface area contributed by atoms with Crippen molar-refractivity contribution < 1.29 is 13.5 Å². The van der Waals surface area contributed by atoms with Gasteiger partial charge in [-0.25, -0.2) is 13.1 Å². The predicted molar refractivity (Wildman–Crippen MR) is 68.3 cm³/mol. The number of nitrogens with one attached hydrogen (secondary N) is 1. The summed E-state index contributed by atoms with van der Waals surface area (Å²) in [6, 6.07) is 7.54. The summed E-state index contributed by atoms with van der Waals surface area (Å²) < 4.78 is 24.1. The first kappa shape index (κ1) is 14.2. The second-order valence-electron chi connectivity index (χ2n) is 4.46. The van der Waals surface area contributed by atoms with Crippen LogP contribution in [0.25, 0.3) is 0 Å². The van der Waals surface area contributed by atoms with Gasteiger partial charge in [0.15, 0.2) is 0 Å². The van der Waals surface area contributed by atoms with E-state index < -0.39 is 16.1 Å². The molecule has 0 amide bonds. The van der Waals surface area contributed by atoms with Crippen LogP contribution >= 0.6 is 0 Å². The number of sulfonamides is 1. The molecule has 0 aromatic heterocycles. The van der Waals surface area contributed by atoms with E-state index in [0.717, 1.165) is 6.26 Å². The van der Waals surface area contributed by atoms with E-state index in [9.17, 15) is 13.5 Å². The van der Waals surface area contributed by atoms with Gasteiger partial charge in [-0.1, -0.05) is 38.1 Å². The first-order valence-electron chi connectivity index (χ1n) is 5.52. The van der Waals surface area contributed by atoms with E-state index >= 15 is 0 Å². The molecule has 0 saturated carbocycles. The fourth-order valence-corrected chi connectivity index (χ4v) is 1.91. The Balaban J connectivity index is 2.67. The van der Waals surface area contributed by atoms with Crippen molar-refractivity contribution in [1.29, 1.82) is 0 Å². The normalized spacial score (nSPS) is 13.9. The predicted octanol–water partition coefficient (Wildman–Crippen LogP) is 1.39. The highest BCUT2D eigenvalue weighted by Crippen LogP contribution is 2.18. The summed E-state index contributed by atoms with van der Waals surface area (Å²) in [5.74, 6) is 0.440. The maximum atomic E-state index is 10.9. The average Bonchev–Trinajstić information content (AvgIpc) is 2.25. The molecule has 17 heavy (non-hydrogen) atoms. The van der Waals surface area contributed by atoms with Crippen LogP contribution in [0.4, 0.5) is 0 Å². The molecule has 0 heterocycles. The lowest BCUT2D eigenvalue weighted by atomic mass is 10.00. The second kappa shape index (κ2) is 5.62. The van der Waals surface area contributed by atoms with Crippen LogP contribution in [-0.2, 0) is 10.0 Å². The van der Waals surface area contributed by atoms with Gasteiger partial charge in [-0.3, -0.25) is 0 Å². The van der Waals surface area contributed by atoms with Gasteiger partial charge in [0.05, 0.1) is 12.4 Å². The zero-order chi connectivity index (χ0) is 13.1. The van der Waals surface area contributed by atoms with Crippen molar-refractivity contribution in [2.24, 2.45) is 0 Å². The minimum absolute atomic E-state index is 0.000140. The monoisotopic (exact) mass is 257 g/mol. The first-order valence-corrected chi connectivity index (χ1v) is 7.41. The van der Waals surface area contributed by atoms with Gasteiger partial charge in [0, 0.05) is 6.54 Å². The second-order valence-corrected chi connectivity index (χ2v) is 6.29. The van der Waals surface area contributed by atoms with Crippen LogP contribution < -0.4 is 4.72 Å². The van der Waals surface area contributed by atoms with Crippen molar-refractivity contribution in [2.75, 3.05) is 12.8 Å². The summed E-state index contributed by atoms with van der Waals surface area (Å²) in [4.78, 5) is 0. The molecule has 1 aromatic carbocycles. The van der Waals surface area contributed by atoms with Gasteiger partial charge in [-0.15, -0.1) is 0 Å². The lowest BCUT2D eigenvalue weighted by Gasteiger charge is -2.12. The van der Waals surface area contributed by atoms with Crippen molar-refractivity contribution in [2.45, 2.75) is 25.9 Å². The Morgan fingerprint density at radius 3 is 2.06 bits per heavy atom. The van der Waals surface area contributed by atoms with Crippen LogP contribution in [-0.4, -0.2) is 26.3 Å². The highest BCUT2D eigenvalue weighted by molar-refractivity contribution is 7.88. The molecule has 1 aromatic rings. The van der Waals surface area contributed by atoms with Crippen LogP contribution in [0.3, 0.4) is 0 Å². The molecule has 0 bridgehead atoms. The Morgan fingerprint density at radius 2 is 1.65 bits per heavy atom. The van der Waals surface area contributed by atoms with Crippen LogP contribution in [0.15, 0.2) is 24.3 Å². The number of hydrogen-bond acceptors (Lipinski definition) is 3. The van der Waals surface area contributed by atoms with Gasteiger partial charge in [0.2, 0.25) is 10.0 Å². The molecular formula is C12H19NO3S. The topological polar surface area (TPSA) is 66.4 Å². The van der Waals surface area contributed by atoms with Crippen LogP contribution in [0.2, 0.25) is 0 Å². The van der Waals surface area contributed by atoms with Gasteiger partial charge in [-0.2, -0.15) is 0 Å². The zero-order valence-electron chi connectivity index (χ0n) is 10.3. The van der Waals surface area contributed by atoms with Gasteiger partial charge in [0.25, 0.3) is 0 Å². The van der Waals surface area contributed by atoms with E-state index in [0.29, 0.717) is 11.5 Å². The van der Waals surface area contributed by atoms with Crippen molar-refractivity contribution in [3.8, 4) is 0 Å². The third-order valence-electron chi connectivity index (χ3n) is 2.53. The minimum atomic E-state index is -3.26. The Kier molecular flexibility index (Phi) is 4.68. The number of aliphatic hydroxyl groups is 1. The van der Waals surface area contributed by atoms with E-state index in [4.69, 9.17) is 0 Å². The van der Waals surface area contributed by atoms with E-state index in [2.05, 4.69) is 18.6 Å². The Hall–Kier alpha value is -0.910. The molecule has 0 saturated heterocycles. The van der Waals surface area contributed by atoms with Gasteiger partial charge in [-0.05, 0) is 17.0 Å². The quantitative estimate of drug-likeness (QED) is 0.837. The molecular weight excluding hydrogens is 238 g/mol. The van der Waals surface area contributed by atoms with Crippen molar-refractivity contribution >= 4 is 10.0 Å². The van der Waals surface area contributed by atoms with E-state index in [1.165, 1.54) is 5.56 Å². The van der Waals surface area contributed by atoms with Crippen LogP contribution in [0.1, 0.15) is 37.0 Å². The molecule has 2 N–H and O–H groups in total. The van der Waals surface area contributed by atoms with Crippen LogP contribution in [0.5, 0.6) is 0 Å². The molecule has 0 aliphatic carbocycles. The number of rotatable bonds is 5. The first-order chi connectivity index (χ1) is 7.79. The van der Waals surface area contributed by atoms with E-state index in [1.54, 1.807) is 0 Å². The molecule has 0 spiro atoms. The fourth-order valence-electron chi connectivity index (χ4n) is 1.45. The fraction of sp³-hybridized carbons (Fsp3) is 0.500. The number of benzene rings is 1. The molecule has 0 radical (unpaired) electrons. The largest absolute Gasteiger partial charge is 0.387 e. The molecule has 1 atom stereocenters. The Labute approximate surface area is 103 Å². The van der Waals surface area contributed by atoms with Crippen molar-refractivity contribution in [3.05, 3.63) is 35.4 Å². The Morgan fingerprint density at radius 1 is 1.18 bits per heavy atom. The smallest absolute Gasteiger partial charge is 0.208 e. The standard InChI is InChI=1S/C12H19NO3S/c1-9(2)10-4-6-11(7-5-10)12(14)8-13-17(3,15)16/h4-7,9,12-14H,8H2,1-3H3.